The minimum Gasteiger partial charge on any atom is -0.324 e. The second-order valence-electron chi connectivity index (χ2n) is 4.54. The maximum Gasteiger partial charge on any atom is 0.242 e. The summed E-state index contributed by atoms with van der Waals surface area (Å²) in [5.41, 5.74) is 6.69. The Labute approximate surface area is 113 Å². The molecule has 0 aliphatic rings. The van der Waals surface area contributed by atoms with E-state index in [1.54, 1.807) is 19.9 Å². The standard InChI is InChI=1S/C12H19N3O3S/c1-8-5-6-10(19(17,18)15(3)4)7-11(8)14-12(16)9(2)13/h5-7,9H,13H2,1-4H3,(H,14,16). The van der Waals surface area contributed by atoms with Crippen LogP contribution in [-0.4, -0.2) is 38.8 Å². The average molecular weight is 285 g/mol. The third-order valence-corrected chi connectivity index (χ3v) is 4.47. The number of benzene rings is 1. The highest BCUT2D eigenvalue weighted by Gasteiger charge is 2.19. The fourth-order valence-corrected chi connectivity index (χ4v) is 2.28. The fraction of sp³-hybridized carbons (Fsp3) is 0.417. The number of sulfonamides is 1. The molecule has 6 nitrogen and oxygen atoms in total. The van der Waals surface area contributed by atoms with E-state index in [4.69, 9.17) is 5.73 Å². The van der Waals surface area contributed by atoms with Crippen molar-refractivity contribution in [1.82, 2.24) is 4.31 Å². The molecule has 0 radical (unpaired) electrons. The van der Waals surface area contributed by atoms with Crippen LogP contribution in [0.5, 0.6) is 0 Å². The van der Waals surface area contributed by atoms with E-state index in [9.17, 15) is 13.2 Å². The summed E-state index contributed by atoms with van der Waals surface area (Å²) in [6.45, 7) is 3.34. The molecule has 1 aromatic rings. The zero-order valence-corrected chi connectivity index (χ0v) is 12.3. The van der Waals surface area contributed by atoms with Gasteiger partial charge in [-0.05, 0) is 31.5 Å². The molecule has 0 aliphatic heterocycles. The van der Waals surface area contributed by atoms with E-state index in [-0.39, 0.29) is 10.8 Å². The van der Waals surface area contributed by atoms with Crippen LogP contribution in [0.2, 0.25) is 0 Å². The minimum absolute atomic E-state index is 0.128. The highest BCUT2D eigenvalue weighted by molar-refractivity contribution is 7.89. The van der Waals surface area contributed by atoms with Crippen molar-refractivity contribution in [3.05, 3.63) is 23.8 Å². The summed E-state index contributed by atoms with van der Waals surface area (Å²) in [6.07, 6.45) is 0. The fourth-order valence-electron chi connectivity index (χ4n) is 1.35. The van der Waals surface area contributed by atoms with Crippen LogP contribution in [0.1, 0.15) is 12.5 Å². The SMILES string of the molecule is Cc1ccc(S(=O)(=O)N(C)C)cc1NC(=O)C(C)N. The predicted molar refractivity (Wildman–Crippen MR) is 74.3 cm³/mol. The van der Waals surface area contributed by atoms with Gasteiger partial charge in [0.05, 0.1) is 10.9 Å². The molecule has 0 aliphatic carbocycles. The molecule has 106 valence electrons. The maximum absolute atomic E-state index is 12.0. The Hall–Kier alpha value is -1.44. The first kappa shape index (κ1) is 15.6. The highest BCUT2D eigenvalue weighted by Crippen LogP contribution is 2.22. The zero-order chi connectivity index (χ0) is 14.8. The normalized spacial score (nSPS) is 13.4. The Kier molecular flexibility index (Phi) is 4.67. The van der Waals surface area contributed by atoms with E-state index >= 15 is 0 Å². The van der Waals surface area contributed by atoms with Gasteiger partial charge in [0.2, 0.25) is 15.9 Å². The van der Waals surface area contributed by atoms with Gasteiger partial charge in [-0.25, -0.2) is 12.7 Å². The summed E-state index contributed by atoms with van der Waals surface area (Å²) in [5, 5.41) is 2.61. The molecule has 0 spiro atoms. The monoisotopic (exact) mass is 285 g/mol. The van der Waals surface area contributed by atoms with Crippen LogP contribution in [-0.2, 0) is 14.8 Å². The lowest BCUT2D eigenvalue weighted by Crippen LogP contribution is -2.32. The molecule has 0 bridgehead atoms. The number of hydrogen-bond acceptors (Lipinski definition) is 4. The smallest absolute Gasteiger partial charge is 0.242 e. The maximum atomic E-state index is 12.0. The molecular weight excluding hydrogens is 266 g/mol. The van der Waals surface area contributed by atoms with Crippen molar-refractivity contribution in [1.29, 1.82) is 0 Å². The lowest BCUT2D eigenvalue weighted by Gasteiger charge is -2.15. The van der Waals surface area contributed by atoms with Gasteiger partial charge in [-0.3, -0.25) is 4.79 Å². The topological polar surface area (TPSA) is 92.5 Å². The Balaban J connectivity index is 3.19. The number of hydrogen-bond donors (Lipinski definition) is 2. The third-order valence-electron chi connectivity index (χ3n) is 2.66. The summed E-state index contributed by atoms with van der Waals surface area (Å²) in [4.78, 5) is 11.7. The van der Waals surface area contributed by atoms with Crippen molar-refractivity contribution in [2.75, 3.05) is 19.4 Å². The second-order valence-corrected chi connectivity index (χ2v) is 6.69. The zero-order valence-electron chi connectivity index (χ0n) is 11.5. The molecule has 1 atom stereocenters. The Morgan fingerprint density at radius 2 is 1.95 bits per heavy atom. The van der Waals surface area contributed by atoms with Crippen LogP contribution in [0.4, 0.5) is 5.69 Å². The third kappa shape index (κ3) is 3.52. The summed E-state index contributed by atoms with van der Waals surface area (Å²) in [5.74, 6) is -0.359. The van der Waals surface area contributed by atoms with Crippen LogP contribution in [0.25, 0.3) is 0 Å². The van der Waals surface area contributed by atoms with Gasteiger partial charge in [0.1, 0.15) is 0 Å². The summed E-state index contributed by atoms with van der Waals surface area (Å²) < 4.78 is 25.1. The number of carbonyl (C=O) groups excluding carboxylic acids is 1. The molecule has 0 saturated heterocycles. The Morgan fingerprint density at radius 1 is 1.37 bits per heavy atom. The lowest BCUT2D eigenvalue weighted by molar-refractivity contribution is -0.117. The number of nitrogens with one attached hydrogen (secondary N) is 1. The first-order valence-corrected chi connectivity index (χ1v) is 7.20. The van der Waals surface area contributed by atoms with Gasteiger partial charge in [-0.2, -0.15) is 0 Å². The van der Waals surface area contributed by atoms with Crippen molar-refractivity contribution < 1.29 is 13.2 Å². The van der Waals surface area contributed by atoms with E-state index in [1.165, 1.54) is 26.2 Å². The molecule has 19 heavy (non-hydrogen) atoms. The van der Waals surface area contributed by atoms with E-state index < -0.39 is 16.1 Å². The van der Waals surface area contributed by atoms with Gasteiger partial charge in [0, 0.05) is 19.8 Å². The molecule has 7 heteroatoms. The molecule has 1 rings (SSSR count). The van der Waals surface area contributed by atoms with E-state index in [1.807, 2.05) is 0 Å². The summed E-state index contributed by atoms with van der Waals surface area (Å²) in [7, 11) is -0.614. The Morgan fingerprint density at radius 3 is 2.42 bits per heavy atom. The summed E-state index contributed by atoms with van der Waals surface area (Å²) in [6, 6.07) is 3.93. The minimum atomic E-state index is -3.52. The highest BCUT2D eigenvalue weighted by atomic mass is 32.2. The molecule has 0 aromatic heterocycles. The van der Waals surface area contributed by atoms with Gasteiger partial charge in [0.15, 0.2) is 0 Å². The van der Waals surface area contributed by atoms with Crippen LogP contribution < -0.4 is 11.1 Å². The lowest BCUT2D eigenvalue weighted by atomic mass is 10.2. The van der Waals surface area contributed by atoms with Crippen molar-refractivity contribution in [2.45, 2.75) is 24.8 Å². The summed E-state index contributed by atoms with van der Waals surface area (Å²) >= 11 is 0. The second kappa shape index (κ2) is 5.68. The number of rotatable bonds is 4. The molecule has 0 fully saturated rings. The molecular formula is C12H19N3O3S. The molecule has 0 saturated carbocycles. The van der Waals surface area contributed by atoms with E-state index in [0.717, 1.165) is 9.87 Å². The molecule has 0 heterocycles. The van der Waals surface area contributed by atoms with Crippen molar-refractivity contribution in [3.63, 3.8) is 0 Å². The van der Waals surface area contributed by atoms with E-state index in [0.29, 0.717) is 5.69 Å². The number of carbonyl (C=O) groups is 1. The van der Waals surface area contributed by atoms with Gasteiger partial charge in [0.25, 0.3) is 0 Å². The van der Waals surface area contributed by atoms with Crippen LogP contribution in [0, 0.1) is 6.92 Å². The van der Waals surface area contributed by atoms with Gasteiger partial charge >= 0.3 is 0 Å². The Bertz CT molecular complexity index is 580. The molecule has 3 N–H and O–H groups in total. The molecule has 1 unspecified atom stereocenters. The quantitative estimate of drug-likeness (QED) is 0.844. The average Bonchev–Trinajstić information content (AvgIpc) is 2.31. The van der Waals surface area contributed by atoms with Gasteiger partial charge in [-0.15, -0.1) is 0 Å². The number of anilines is 1. The van der Waals surface area contributed by atoms with E-state index in [2.05, 4.69) is 5.32 Å². The van der Waals surface area contributed by atoms with Crippen LogP contribution >= 0.6 is 0 Å². The van der Waals surface area contributed by atoms with Crippen molar-refractivity contribution in [3.8, 4) is 0 Å². The number of aryl methyl sites for hydroxylation is 1. The van der Waals surface area contributed by atoms with Gasteiger partial charge < -0.3 is 11.1 Å². The van der Waals surface area contributed by atoms with Crippen molar-refractivity contribution in [2.24, 2.45) is 5.73 Å². The number of amides is 1. The van der Waals surface area contributed by atoms with Crippen LogP contribution in [0.15, 0.2) is 23.1 Å². The number of nitrogens with two attached hydrogens (primary N) is 1. The van der Waals surface area contributed by atoms with Crippen molar-refractivity contribution >= 4 is 21.6 Å². The molecule has 1 aromatic carbocycles. The van der Waals surface area contributed by atoms with Crippen LogP contribution in [0.3, 0.4) is 0 Å². The largest absolute Gasteiger partial charge is 0.324 e. The predicted octanol–water partition coefficient (Wildman–Crippen LogP) is 0.531. The molecule has 1 amide bonds. The number of nitrogens with zero attached hydrogens (tertiary/aromatic N) is 1. The first-order valence-electron chi connectivity index (χ1n) is 5.76. The van der Waals surface area contributed by atoms with Gasteiger partial charge in [-0.1, -0.05) is 6.07 Å². The first-order chi connectivity index (χ1) is 8.66.